The lowest BCUT2D eigenvalue weighted by Crippen LogP contribution is -2.29. The molecule has 4 rings (SSSR count). The Morgan fingerprint density at radius 2 is 2.16 bits per heavy atom. The van der Waals surface area contributed by atoms with Crippen LogP contribution in [0.15, 0.2) is 36.2 Å². The maximum absolute atomic E-state index is 12.2. The predicted molar refractivity (Wildman–Crippen MR) is 99.6 cm³/mol. The zero-order valence-electron chi connectivity index (χ0n) is 13.8. The number of hydrogen-bond donors (Lipinski definition) is 2. The van der Waals surface area contributed by atoms with Gasteiger partial charge in [0.05, 0.1) is 0 Å². The van der Waals surface area contributed by atoms with Crippen LogP contribution >= 0.6 is 12.2 Å². The molecule has 0 unspecified atom stereocenters. The monoisotopic (exact) mass is 354 g/mol. The maximum Gasteiger partial charge on any atom is 0.276 e. The fraction of sp³-hybridized carbons (Fsp3) is 0.278. The molecular formula is C18H18N4O2S. The number of hydrogen-bond acceptors (Lipinski definition) is 3. The second-order valence-corrected chi connectivity index (χ2v) is 6.81. The third kappa shape index (κ3) is 3.02. The van der Waals surface area contributed by atoms with Crippen molar-refractivity contribution in [3.8, 4) is 0 Å². The Balaban J connectivity index is 1.68. The van der Waals surface area contributed by atoms with Crippen molar-refractivity contribution in [3.05, 3.63) is 41.7 Å². The average molecular weight is 354 g/mol. The van der Waals surface area contributed by atoms with Crippen LogP contribution in [0.4, 0.5) is 0 Å². The molecule has 0 bridgehead atoms. The molecule has 25 heavy (non-hydrogen) atoms. The lowest BCUT2D eigenvalue weighted by atomic mass is 10.1. The van der Waals surface area contributed by atoms with Crippen molar-refractivity contribution in [2.24, 2.45) is 0 Å². The highest BCUT2D eigenvalue weighted by Crippen LogP contribution is 2.25. The van der Waals surface area contributed by atoms with Gasteiger partial charge in [0.25, 0.3) is 5.91 Å². The molecule has 7 heteroatoms. The van der Waals surface area contributed by atoms with E-state index in [1.54, 1.807) is 13.1 Å². The molecule has 2 fully saturated rings. The van der Waals surface area contributed by atoms with Crippen LogP contribution in [0.1, 0.15) is 18.4 Å². The van der Waals surface area contributed by atoms with Gasteiger partial charge in [-0.05, 0) is 37.2 Å². The van der Waals surface area contributed by atoms with Crippen molar-refractivity contribution < 1.29 is 9.59 Å². The second kappa shape index (κ2) is 6.00. The van der Waals surface area contributed by atoms with Crippen LogP contribution in [0.2, 0.25) is 0 Å². The number of rotatable bonds is 4. The van der Waals surface area contributed by atoms with Gasteiger partial charge in [0.1, 0.15) is 12.2 Å². The highest BCUT2D eigenvalue weighted by molar-refractivity contribution is 7.80. The number of likely N-dealkylation sites (N-methyl/N-ethyl adjacent to an activating group) is 1. The summed E-state index contributed by atoms with van der Waals surface area (Å²) in [6.45, 7) is 0.264. The molecule has 1 aliphatic heterocycles. The van der Waals surface area contributed by atoms with Crippen molar-refractivity contribution in [2.75, 3.05) is 7.05 Å². The number of carbonyl (C=O) groups is 2. The molecular weight excluding hydrogens is 336 g/mol. The van der Waals surface area contributed by atoms with Gasteiger partial charge < -0.3 is 15.2 Å². The van der Waals surface area contributed by atoms with Crippen LogP contribution in [-0.2, 0) is 16.1 Å². The first-order valence-electron chi connectivity index (χ1n) is 8.21. The van der Waals surface area contributed by atoms with E-state index in [-0.39, 0.29) is 18.4 Å². The number of amides is 2. The van der Waals surface area contributed by atoms with Crippen LogP contribution in [0.3, 0.4) is 0 Å². The van der Waals surface area contributed by atoms with Crippen molar-refractivity contribution in [2.45, 2.75) is 25.4 Å². The van der Waals surface area contributed by atoms with E-state index in [2.05, 4.69) is 10.6 Å². The summed E-state index contributed by atoms with van der Waals surface area (Å²) in [6.07, 6.45) is 5.82. The molecule has 1 saturated heterocycles. The van der Waals surface area contributed by atoms with Crippen LogP contribution < -0.4 is 10.6 Å². The molecule has 1 saturated carbocycles. The fourth-order valence-electron chi connectivity index (χ4n) is 2.96. The first-order chi connectivity index (χ1) is 12.0. The molecule has 0 radical (unpaired) electrons. The standard InChI is InChI=1S/C18H18N4O2S/c1-21-17(24)14(20-18(21)25)8-11-9-22(10-16(23)19-12-6-7-12)15-5-3-2-4-13(11)15/h2-5,8-9,12H,6-7,10H2,1H3,(H,19,23)(H,20,25)/b14-8-. The van der Waals surface area contributed by atoms with E-state index in [1.165, 1.54) is 4.90 Å². The van der Waals surface area contributed by atoms with Crippen molar-refractivity contribution in [1.29, 1.82) is 0 Å². The van der Waals surface area contributed by atoms with E-state index in [0.717, 1.165) is 29.3 Å². The minimum atomic E-state index is -0.159. The van der Waals surface area contributed by atoms with E-state index >= 15 is 0 Å². The molecule has 6 nitrogen and oxygen atoms in total. The van der Waals surface area contributed by atoms with Gasteiger partial charge in [0, 0.05) is 35.8 Å². The van der Waals surface area contributed by atoms with E-state index in [4.69, 9.17) is 12.2 Å². The van der Waals surface area contributed by atoms with Crippen LogP contribution in [0, 0.1) is 0 Å². The van der Waals surface area contributed by atoms with Gasteiger partial charge >= 0.3 is 0 Å². The number of nitrogens with zero attached hydrogens (tertiary/aromatic N) is 2. The summed E-state index contributed by atoms with van der Waals surface area (Å²) in [7, 11) is 1.64. The van der Waals surface area contributed by atoms with Crippen LogP contribution in [-0.4, -0.2) is 39.5 Å². The van der Waals surface area contributed by atoms with Crippen molar-refractivity contribution >= 4 is 46.1 Å². The molecule has 128 valence electrons. The number of para-hydroxylation sites is 1. The van der Waals surface area contributed by atoms with Gasteiger partial charge in [0.2, 0.25) is 5.91 Å². The van der Waals surface area contributed by atoms with E-state index in [1.807, 2.05) is 35.0 Å². The zero-order valence-corrected chi connectivity index (χ0v) is 14.6. The maximum atomic E-state index is 12.2. The molecule has 1 aromatic heterocycles. The Morgan fingerprint density at radius 3 is 2.84 bits per heavy atom. The Morgan fingerprint density at radius 1 is 1.40 bits per heavy atom. The third-order valence-electron chi connectivity index (χ3n) is 4.46. The Labute approximate surface area is 150 Å². The summed E-state index contributed by atoms with van der Waals surface area (Å²) in [5, 5.41) is 7.32. The second-order valence-electron chi connectivity index (χ2n) is 6.42. The number of carbonyl (C=O) groups excluding carboxylic acids is 2. The van der Waals surface area contributed by atoms with Gasteiger partial charge in [-0.25, -0.2) is 0 Å². The molecule has 2 heterocycles. The molecule has 2 aromatic rings. The molecule has 0 atom stereocenters. The van der Waals surface area contributed by atoms with E-state index in [9.17, 15) is 9.59 Å². The zero-order chi connectivity index (χ0) is 17.6. The number of fused-ring (bicyclic) bond motifs is 1. The molecule has 2 N–H and O–H groups in total. The Kier molecular flexibility index (Phi) is 3.80. The van der Waals surface area contributed by atoms with Crippen LogP contribution in [0.5, 0.6) is 0 Å². The predicted octanol–water partition coefficient (Wildman–Crippen LogP) is 1.61. The SMILES string of the molecule is CN1C(=O)/C(=C/c2cn(CC(=O)NC3CC3)c3ccccc23)NC1=S. The lowest BCUT2D eigenvalue weighted by Gasteiger charge is -2.05. The van der Waals surface area contributed by atoms with Gasteiger partial charge in [0.15, 0.2) is 5.11 Å². The number of aromatic nitrogens is 1. The van der Waals surface area contributed by atoms with Gasteiger partial charge in [-0.1, -0.05) is 18.2 Å². The van der Waals surface area contributed by atoms with Crippen LogP contribution in [0.25, 0.3) is 17.0 Å². The third-order valence-corrected chi connectivity index (χ3v) is 4.83. The first kappa shape index (κ1) is 15.8. The Bertz CT molecular complexity index is 926. The molecule has 0 spiro atoms. The molecule has 1 aromatic carbocycles. The quantitative estimate of drug-likeness (QED) is 0.647. The molecule has 2 amide bonds. The highest BCUT2D eigenvalue weighted by Gasteiger charge is 2.27. The first-order valence-corrected chi connectivity index (χ1v) is 8.62. The summed E-state index contributed by atoms with van der Waals surface area (Å²) in [6, 6.07) is 8.18. The fourth-order valence-corrected chi connectivity index (χ4v) is 3.15. The topological polar surface area (TPSA) is 66.4 Å². The molecule has 1 aliphatic carbocycles. The number of nitrogens with one attached hydrogen (secondary N) is 2. The molecule has 2 aliphatic rings. The van der Waals surface area contributed by atoms with Gasteiger partial charge in [-0.3, -0.25) is 14.5 Å². The van der Waals surface area contributed by atoms with Gasteiger partial charge in [-0.15, -0.1) is 0 Å². The minimum Gasteiger partial charge on any atom is -0.352 e. The van der Waals surface area contributed by atoms with Crippen molar-refractivity contribution in [3.63, 3.8) is 0 Å². The highest BCUT2D eigenvalue weighted by atomic mass is 32.1. The van der Waals surface area contributed by atoms with E-state index < -0.39 is 0 Å². The van der Waals surface area contributed by atoms with Gasteiger partial charge in [-0.2, -0.15) is 0 Å². The number of benzene rings is 1. The average Bonchev–Trinajstić information content (AvgIpc) is 3.30. The minimum absolute atomic E-state index is 0.0124. The van der Waals surface area contributed by atoms with Crippen molar-refractivity contribution in [1.82, 2.24) is 20.1 Å². The summed E-state index contributed by atoms with van der Waals surface area (Å²) >= 11 is 5.11. The normalized spacial score (nSPS) is 18.9. The summed E-state index contributed by atoms with van der Waals surface area (Å²) in [5.41, 5.74) is 2.28. The van der Waals surface area contributed by atoms with E-state index in [0.29, 0.717) is 16.9 Å². The summed E-state index contributed by atoms with van der Waals surface area (Å²) < 4.78 is 1.92. The Hall–Kier alpha value is -2.67. The summed E-state index contributed by atoms with van der Waals surface area (Å²) in [4.78, 5) is 25.8. The summed E-state index contributed by atoms with van der Waals surface area (Å²) in [5.74, 6) is -0.147. The smallest absolute Gasteiger partial charge is 0.276 e. The number of thiocarbonyl (C=S) groups is 1. The largest absolute Gasteiger partial charge is 0.352 e. The lowest BCUT2D eigenvalue weighted by molar-refractivity contribution is -0.122.